The van der Waals surface area contributed by atoms with Gasteiger partial charge in [0.05, 0.1) is 21.0 Å². The summed E-state index contributed by atoms with van der Waals surface area (Å²) in [5.41, 5.74) is 0.251. The van der Waals surface area contributed by atoms with E-state index in [1.807, 2.05) is 0 Å². The zero-order chi connectivity index (χ0) is 23.8. The van der Waals surface area contributed by atoms with Crippen LogP contribution in [0.4, 0.5) is 24.5 Å². The molecular weight excluding hydrogens is 473 g/mol. The zero-order valence-corrected chi connectivity index (χ0v) is 18.7. The van der Waals surface area contributed by atoms with Crippen LogP contribution < -0.4 is 10.0 Å². The van der Waals surface area contributed by atoms with Gasteiger partial charge < -0.3 is 5.32 Å². The third-order valence-electron chi connectivity index (χ3n) is 4.90. The molecule has 0 aliphatic rings. The number of nitrogens with one attached hydrogen (secondary N) is 2. The van der Waals surface area contributed by atoms with Crippen molar-refractivity contribution >= 4 is 48.7 Å². The van der Waals surface area contributed by atoms with Crippen LogP contribution in [0.3, 0.4) is 0 Å². The Balaban J connectivity index is 1.57. The van der Waals surface area contributed by atoms with Crippen LogP contribution in [0.5, 0.6) is 0 Å². The summed E-state index contributed by atoms with van der Waals surface area (Å²) in [5, 5.41) is 3.05. The maximum Gasteiger partial charge on any atom is 0.416 e. The summed E-state index contributed by atoms with van der Waals surface area (Å²) in [4.78, 5) is 13.2. The second-order valence-electron chi connectivity index (χ2n) is 7.22. The van der Waals surface area contributed by atoms with Crippen molar-refractivity contribution in [3.8, 4) is 0 Å². The van der Waals surface area contributed by atoms with Gasteiger partial charge in [0.2, 0.25) is 0 Å². The summed E-state index contributed by atoms with van der Waals surface area (Å²) >= 11 is 1.09. The lowest BCUT2D eigenvalue weighted by Crippen LogP contribution is -2.14. The van der Waals surface area contributed by atoms with Gasteiger partial charge in [-0.05, 0) is 66.4 Å². The lowest BCUT2D eigenvalue weighted by Gasteiger charge is -2.10. The van der Waals surface area contributed by atoms with Crippen molar-refractivity contribution < 1.29 is 26.4 Å². The SMILES string of the molecule is Cc1c(C(=O)Nc2cccc(NS(=O)(=O)c3ccccc3)c2)sc2ccc(C(F)(F)F)cc12. The third kappa shape index (κ3) is 4.86. The second-order valence-corrected chi connectivity index (χ2v) is 9.95. The Bertz CT molecular complexity index is 1450. The molecule has 1 amide bonds. The topological polar surface area (TPSA) is 75.3 Å². The summed E-state index contributed by atoms with van der Waals surface area (Å²) in [6.07, 6.45) is -4.47. The highest BCUT2D eigenvalue weighted by atomic mass is 32.2. The standard InChI is InChI=1S/C23H17F3N2O3S2/c1-14-19-12-15(23(24,25)26)10-11-20(19)32-21(14)22(29)27-16-6-5-7-17(13-16)28-33(30,31)18-8-3-2-4-9-18/h2-13,28H,1H3,(H,27,29). The molecule has 33 heavy (non-hydrogen) atoms. The molecule has 4 aromatic rings. The minimum absolute atomic E-state index is 0.0959. The van der Waals surface area contributed by atoms with Gasteiger partial charge in [-0.1, -0.05) is 24.3 Å². The predicted octanol–water partition coefficient (Wildman–Crippen LogP) is 6.28. The molecule has 2 N–H and O–H groups in total. The number of sulfonamides is 1. The maximum absolute atomic E-state index is 13.0. The smallest absolute Gasteiger partial charge is 0.321 e. The van der Waals surface area contributed by atoms with Crippen LogP contribution >= 0.6 is 11.3 Å². The van der Waals surface area contributed by atoms with E-state index in [1.165, 1.54) is 24.3 Å². The average Bonchev–Trinajstić information content (AvgIpc) is 3.10. The van der Waals surface area contributed by atoms with E-state index in [1.54, 1.807) is 43.3 Å². The Morgan fingerprint density at radius 2 is 1.61 bits per heavy atom. The highest BCUT2D eigenvalue weighted by Crippen LogP contribution is 2.37. The minimum Gasteiger partial charge on any atom is -0.321 e. The summed E-state index contributed by atoms with van der Waals surface area (Å²) < 4.78 is 67.2. The second kappa shape index (κ2) is 8.53. The number of alkyl halides is 3. The van der Waals surface area contributed by atoms with E-state index < -0.39 is 27.7 Å². The predicted molar refractivity (Wildman–Crippen MR) is 123 cm³/mol. The molecule has 1 aromatic heterocycles. The molecule has 3 aromatic carbocycles. The highest BCUT2D eigenvalue weighted by Gasteiger charge is 2.31. The van der Waals surface area contributed by atoms with Gasteiger partial charge in [0.25, 0.3) is 15.9 Å². The molecule has 0 unspecified atom stereocenters. The van der Waals surface area contributed by atoms with Crippen LogP contribution in [0.1, 0.15) is 20.8 Å². The fourth-order valence-corrected chi connectivity index (χ4v) is 5.43. The fourth-order valence-electron chi connectivity index (χ4n) is 3.28. The average molecular weight is 491 g/mol. The van der Waals surface area contributed by atoms with E-state index in [-0.39, 0.29) is 15.5 Å². The number of carbonyl (C=O) groups excluding carboxylic acids is 1. The van der Waals surface area contributed by atoms with Gasteiger partial charge in [-0.25, -0.2) is 8.42 Å². The number of hydrogen-bond donors (Lipinski definition) is 2. The van der Waals surface area contributed by atoms with Gasteiger partial charge >= 0.3 is 6.18 Å². The number of benzene rings is 3. The monoisotopic (exact) mass is 490 g/mol. The molecule has 170 valence electrons. The van der Waals surface area contributed by atoms with E-state index in [4.69, 9.17) is 0 Å². The Morgan fingerprint density at radius 1 is 0.909 bits per heavy atom. The summed E-state index contributed by atoms with van der Waals surface area (Å²) in [7, 11) is -3.80. The Labute approximate surface area is 191 Å². The van der Waals surface area contributed by atoms with Gasteiger partial charge in [0.1, 0.15) is 0 Å². The number of anilines is 2. The normalized spacial score (nSPS) is 12.0. The largest absolute Gasteiger partial charge is 0.416 e. The molecule has 0 aliphatic heterocycles. The lowest BCUT2D eigenvalue weighted by molar-refractivity contribution is -0.137. The zero-order valence-electron chi connectivity index (χ0n) is 17.1. The first-order valence-corrected chi connectivity index (χ1v) is 11.9. The fraction of sp³-hybridized carbons (Fsp3) is 0.0870. The molecule has 0 saturated heterocycles. The number of amides is 1. The van der Waals surface area contributed by atoms with Crippen LogP contribution in [-0.4, -0.2) is 14.3 Å². The number of rotatable bonds is 5. The van der Waals surface area contributed by atoms with Gasteiger partial charge in [-0.15, -0.1) is 11.3 Å². The molecule has 0 bridgehead atoms. The van der Waals surface area contributed by atoms with Gasteiger partial charge in [-0.3, -0.25) is 9.52 Å². The molecule has 0 aliphatic carbocycles. The van der Waals surface area contributed by atoms with Crippen LogP contribution in [0.15, 0.2) is 77.7 Å². The lowest BCUT2D eigenvalue weighted by atomic mass is 10.1. The van der Waals surface area contributed by atoms with Gasteiger partial charge in [0.15, 0.2) is 0 Å². The summed E-state index contributed by atoms with van der Waals surface area (Å²) in [6.45, 7) is 1.60. The number of fused-ring (bicyclic) bond motifs is 1. The molecule has 0 fully saturated rings. The molecule has 4 rings (SSSR count). The molecule has 0 radical (unpaired) electrons. The molecule has 10 heteroatoms. The number of carbonyl (C=O) groups is 1. The Hall–Kier alpha value is -3.37. The van der Waals surface area contributed by atoms with Crippen molar-refractivity contribution in [3.05, 3.63) is 88.8 Å². The maximum atomic E-state index is 13.0. The molecule has 5 nitrogen and oxygen atoms in total. The van der Waals surface area contributed by atoms with E-state index in [9.17, 15) is 26.4 Å². The van der Waals surface area contributed by atoms with E-state index in [0.29, 0.717) is 21.3 Å². The van der Waals surface area contributed by atoms with Gasteiger partial charge in [0, 0.05) is 10.4 Å². The van der Waals surface area contributed by atoms with Crippen LogP contribution in [-0.2, 0) is 16.2 Å². The summed E-state index contributed by atoms with van der Waals surface area (Å²) in [5.74, 6) is -0.495. The van der Waals surface area contributed by atoms with Crippen molar-refractivity contribution in [1.29, 1.82) is 0 Å². The van der Waals surface area contributed by atoms with Gasteiger partial charge in [-0.2, -0.15) is 13.2 Å². The Kier molecular flexibility index (Phi) is 5.89. The van der Waals surface area contributed by atoms with Crippen molar-refractivity contribution in [1.82, 2.24) is 0 Å². The van der Waals surface area contributed by atoms with Crippen molar-refractivity contribution in [2.24, 2.45) is 0 Å². The first kappa shape index (κ1) is 22.8. The van der Waals surface area contributed by atoms with E-state index in [0.717, 1.165) is 23.5 Å². The first-order chi connectivity index (χ1) is 15.5. The van der Waals surface area contributed by atoms with Crippen LogP contribution in [0.25, 0.3) is 10.1 Å². The highest BCUT2D eigenvalue weighted by molar-refractivity contribution is 7.92. The number of hydrogen-bond acceptors (Lipinski definition) is 4. The van der Waals surface area contributed by atoms with Crippen molar-refractivity contribution in [2.75, 3.05) is 10.0 Å². The quantitative estimate of drug-likeness (QED) is 0.346. The van der Waals surface area contributed by atoms with E-state index >= 15 is 0 Å². The number of halogens is 3. The van der Waals surface area contributed by atoms with E-state index in [2.05, 4.69) is 10.0 Å². The molecular formula is C23H17F3N2O3S2. The minimum atomic E-state index is -4.47. The Morgan fingerprint density at radius 3 is 2.30 bits per heavy atom. The van der Waals surface area contributed by atoms with Crippen molar-refractivity contribution in [2.45, 2.75) is 18.0 Å². The van der Waals surface area contributed by atoms with Crippen molar-refractivity contribution in [3.63, 3.8) is 0 Å². The third-order valence-corrected chi connectivity index (χ3v) is 7.56. The molecule has 0 atom stereocenters. The molecule has 1 heterocycles. The first-order valence-electron chi connectivity index (χ1n) is 9.64. The number of thiophene rings is 1. The molecule has 0 spiro atoms. The molecule has 0 saturated carbocycles. The van der Waals surface area contributed by atoms with Crippen LogP contribution in [0, 0.1) is 6.92 Å². The number of aryl methyl sites for hydroxylation is 1. The van der Waals surface area contributed by atoms with Crippen LogP contribution in [0.2, 0.25) is 0 Å². The summed E-state index contributed by atoms with van der Waals surface area (Å²) in [6, 6.07) is 17.4.